The van der Waals surface area contributed by atoms with Crippen molar-refractivity contribution in [2.45, 2.75) is 20.3 Å². The number of ether oxygens (including phenoxy) is 1. The maximum atomic E-state index is 11.6. The number of carbonyl (C=O) groups excluding carboxylic acids is 1. The van der Waals surface area contributed by atoms with E-state index in [1.54, 1.807) is 12.1 Å². The van der Waals surface area contributed by atoms with Crippen LogP contribution in [0.4, 0.5) is 0 Å². The molecule has 0 spiro atoms. The van der Waals surface area contributed by atoms with E-state index in [1.807, 2.05) is 13.8 Å². The Morgan fingerprint density at radius 1 is 1.56 bits per heavy atom. The smallest absolute Gasteiger partial charge is 0.294 e. The normalized spacial score (nSPS) is 11.2. The fourth-order valence-electron chi connectivity index (χ4n) is 1.04. The van der Waals surface area contributed by atoms with Gasteiger partial charge in [0, 0.05) is 6.54 Å². The number of amidine groups is 1. The second kappa shape index (κ2) is 6.66. The van der Waals surface area contributed by atoms with Gasteiger partial charge in [0.05, 0.1) is 12.9 Å². The minimum atomic E-state index is -0.353. The second-order valence-electron chi connectivity index (χ2n) is 3.05. The molecule has 0 unspecified atom stereocenters. The Morgan fingerprint density at radius 2 is 2.38 bits per heavy atom. The van der Waals surface area contributed by atoms with Crippen LogP contribution in [0.15, 0.2) is 27.8 Å². The third kappa shape index (κ3) is 3.76. The van der Waals surface area contributed by atoms with Gasteiger partial charge in [-0.15, -0.1) is 0 Å². The van der Waals surface area contributed by atoms with Crippen molar-refractivity contribution in [3.63, 3.8) is 0 Å². The molecule has 0 aliphatic heterocycles. The van der Waals surface area contributed by atoms with Crippen LogP contribution in [0, 0.1) is 0 Å². The van der Waals surface area contributed by atoms with Crippen LogP contribution in [-0.2, 0) is 4.74 Å². The van der Waals surface area contributed by atoms with E-state index in [2.05, 4.69) is 10.3 Å². The maximum absolute atomic E-state index is 11.6. The van der Waals surface area contributed by atoms with E-state index in [9.17, 15) is 4.79 Å². The standard InChI is InChI=1S/C11H16N2O3/c1-3-7-12-11(15-4-2)13-10(14)9-6-5-8-16-9/h5-6,8H,3-4,7H2,1-2H3,(H,12,13,14). The van der Waals surface area contributed by atoms with Gasteiger partial charge in [-0.25, -0.2) is 4.99 Å². The highest BCUT2D eigenvalue weighted by Gasteiger charge is 2.11. The minimum absolute atomic E-state index is 0.240. The van der Waals surface area contributed by atoms with Gasteiger partial charge in [0.1, 0.15) is 0 Å². The first kappa shape index (κ1) is 12.3. The Hall–Kier alpha value is -1.78. The number of amides is 1. The van der Waals surface area contributed by atoms with Crippen molar-refractivity contribution in [1.29, 1.82) is 0 Å². The highest BCUT2D eigenvalue weighted by molar-refractivity contribution is 6.02. The van der Waals surface area contributed by atoms with Crippen LogP contribution < -0.4 is 5.32 Å². The molecule has 16 heavy (non-hydrogen) atoms. The van der Waals surface area contributed by atoms with Gasteiger partial charge >= 0.3 is 0 Å². The van der Waals surface area contributed by atoms with Gasteiger partial charge < -0.3 is 9.15 Å². The molecule has 1 aromatic heterocycles. The van der Waals surface area contributed by atoms with Crippen molar-refractivity contribution in [2.75, 3.05) is 13.2 Å². The van der Waals surface area contributed by atoms with Gasteiger partial charge in [-0.3, -0.25) is 10.1 Å². The summed E-state index contributed by atoms with van der Waals surface area (Å²) < 4.78 is 10.1. The van der Waals surface area contributed by atoms with Crippen LogP contribution in [0.25, 0.3) is 0 Å². The zero-order chi connectivity index (χ0) is 11.8. The Labute approximate surface area is 94.5 Å². The zero-order valence-corrected chi connectivity index (χ0v) is 9.53. The molecule has 0 aliphatic rings. The molecule has 1 aromatic rings. The summed E-state index contributed by atoms with van der Waals surface area (Å²) in [7, 11) is 0. The number of nitrogens with one attached hydrogen (secondary N) is 1. The molecule has 1 heterocycles. The van der Waals surface area contributed by atoms with Crippen molar-refractivity contribution in [3.8, 4) is 0 Å². The van der Waals surface area contributed by atoms with E-state index in [4.69, 9.17) is 9.15 Å². The highest BCUT2D eigenvalue weighted by atomic mass is 16.5. The van der Waals surface area contributed by atoms with Crippen molar-refractivity contribution in [1.82, 2.24) is 5.32 Å². The van der Waals surface area contributed by atoms with E-state index in [0.29, 0.717) is 13.2 Å². The van der Waals surface area contributed by atoms with Crippen LogP contribution in [0.3, 0.4) is 0 Å². The number of hydrogen-bond acceptors (Lipinski definition) is 4. The molecule has 0 atom stereocenters. The predicted octanol–water partition coefficient (Wildman–Crippen LogP) is 1.81. The molecular formula is C11H16N2O3. The largest absolute Gasteiger partial charge is 0.465 e. The van der Waals surface area contributed by atoms with Crippen LogP contribution in [0.1, 0.15) is 30.8 Å². The van der Waals surface area contributed by atoms with Crippen LogP contribution in [-0.4, -0.2) is 25.1 Å². The monoisotopic (exact) mass is 224 g/mol. The number of furan rings is 1. The lowest BCUT2D eigenvalue weighted by Gasteiger charge is -2.07. The molecule has 0 aliphatic carbocycles. The quantitative estimate of drug-likeness (QED) is 0.626. The molecule has 0 saturated carbocycles. The van der Waals surface area contributed by atoms with E-state index in [0.717, 1.165) is 6.42 Å². The van der Waals surface area contributed by atoms with Gasteiger partial charge in [0.15, 0.2) is 5.76 Å². The van der Waals surface area contributed by atoms with E-state index >= 15 is 0 Å². The Morgan fingerprint density at radius 3 is 2.94 bits per heavy atom. The molecule has 0 bridgehead atoms. The molecule has 0 radical (unpaired) electrons. The lowest BCUT2D eigenvalue weighted by atomic mass is 10.4. The Kier molecular flexibility index (Phi) is 5.11. The summed E-state index contributed by atoms with van der Waals surface area (Å²) in [5.74, 6) is -0.114. The highest BCUT2D eigenvalue weighted by Crippen LogP contribution is 1.99. The third-order valence-electron chi connectivity index (χ3n) is 1.73. The van der Waals surface area contributed by atoms with Gasteiger partial charge in [-0.05, 0) is 25.5 Å². The fraction of sp³-hybridized carbons (Fsp3) is 0.455. The molecule has 5 nitrogen and oxygen atoms in total. The molecule has 0 saturated heterocycles. The van der Waals surface area contributed by atoms with E-state index in [1.165, 1.54) is 6.26 Å². The van der Waals surface area contributed by atoms with Gasteiger partial charge in [0.25, 0.3) is 11.9 Å². The van der Waals surface area contributed by atoms with Crippen molar-refractivity contribution < 1.29 is 13.9 Å². The summed E-state index contributed by atoms with van der Waals surface area (Å²) in [6.45, 7) is 4.91. The Bertz CT molecular complexity index is 344. The van der Waals surface area contributed by atoms with E-state index in [-0.39, 0.29) is 17.7 Å². The molecule has 1 amide bonds. The summed E-state index contributed by atoms with van der Waals surface area (Å²) >= 11 is 0. The third-order valence-corrected chi connectivity index (χ3v) is 1.73. The Balaban J connectivity index is 2.58. The summed E-state index contributed by atoms with van der Waals surface area (Å²) in [6.07, 6.45) is 2.34. The zero-order valence-electron chi connectivity index (χ0n) is 9.53. The number of aliphatic imine (C=N–C) groups is 1. The van der Waals surface area contributed by atoms with Crippen LogP contribution in [0.5, 0.6) is 0 Å². The molecule has 0 aromatic carbocycles. The number of nitrogens with zero attached hydrogens (tertiary/aromatic N) is 1. The summed E-state index contributed by atoms with van der Waals surface area (Å²) in [5, 5.41) is 2.55. The van der Waals surface area contributed by atoms with Crippen molar-refractivity contribution >= 4 is 11.9 Å². The first-order chi connectivity index (χ1) is 7.77. The van der Waals surface area contributed by atoms with Crippen molar-refractivity contribution in [2.24, 2.45) is 4.99 Å². The average Bonchev–Trinajstić information content (AvgIpc) is 2.79. The predicted molar refractivity (Wildman–Crippen MR) is 60.4 cm³/mol. The average molecular weight is 224 g/mol. The van der Waals surface area contributed by atoms with Gasteiger partial charge in [0.2, 0.25) is 0 Å². The maximum Gasteiger partial charge on any atom is 0.294 e. The fourth-order valence-corrected chi connectivity index (χ4v) is 1.04. The summed E-state index contributed by atoms with van der Waals surface area (Å²) in [6, 6.07) is 3.47. The SMILES string of the molecule is CCCN=C(NC(=O)c1ccco1)OCC. The molecular weight excluding hydrogens is 208 g/mol. The van der Waals surface area contributed by atoms with Gasteiger partial charge in [-0.2, -0.15) is 0 Å². The first-order valence-corrected chi connectivity index (χ1v) is 5.30. The molecule has 1 rings (SSSR count). The van der Waals surface area contributed by atoms with Crippen molar-refractivity contribution in [3.05, 3.63) is 24.2 Å². The number of hydrogen-bond donors (Lipinski definition) is 1. The number of carbonyl (C=O) groups is 1. The second-order valence-corrected chi connectivity index (χ2v) is 3.05. The molecule has 88 valence electrons. The van der Waals surface area contributed by atoms with Crippen LogP contribution in [0.2, 0.25) is 0 Å². The van der Waals surface area contributed by atoms with Crippen LogP contribution >= 0.6 is 0 Å². The lowest BCUT2D eigenvalue weighted by molar-refractivity contribution is 0.0939. The van der Waals surface area contributed by atoms with Gasteiger partial charge in [-0.1, -0.05) is 6.92 Å². The molecule has 0 fully saturated rings. The summed E-state index contributed by atoms with van der Waals surface area (Å²) in [5.41, 5.74) is 0. The summed E-state index contributed by atoms with van der Waals surface area (Å²) in [4.78, 5) is 15.7. The van der Waals surface area contributed by atoms with E-state index < -0.39 is 0 Å². The number of rotatable bonds is 4. The first-order valence-electron chi connectivity index (χ1n) is 5.30. The molecule has 5 heteroatoms. The topological polar surface area (TPSA) is 63.8 Å². The molecule has 1 N–H and O–H groups in total. The lowest BCUT2D eigenvalue weighted by Crippen LogP contribution is -2.32. The minimum Gasteiger partial charge on any atom is -0.465 e.